The number of rotatable bonds is 3. The number of thiazole rings is 1. The van der Waals surface area contributed by atoms with Crippen molar-refractivity contribution in [1.82, 2.24) is 4.98 Å². The van der Waals surface area contributed by atoms with E-state index in [2.05, 4.69) is 4.98 Å². The van der Waals surface area contributed by atoms with Crippen molar-refractivity contribution < 1.29 is 9.18 Å². The van der Waals surface area contributed by atoms with Crippen molar-refractivity contribution in [3.63, 3.8) is 0 Å². The molecule has 0 N–H and O–H groups in total. The van der Waals surface area contributed by atoms with E-state index in [1.807, 2.05) is 0 Å². The first-order chi connectivity index (χ1) is 7.66. The van der Waals surface area contributed by atoms with E-state index in [-0.39, 0.29) is 22.8 Å². The second-order valence-electron chi connectivity index (χ2n) is 3.19. The van der Waals surface area contributed by atoms with E-state index in [0.29, 0.717) is 0 Å². The minimum atomic E-state index is -0.581. The van der Waals surface area contributed by atoms with Crippen molar-refractivity contribution in [3.8, 4) is 0 Å². The Morgan fingerprint density at radius 1 is 1.50 bits per heavy atom. The van der Waals surface area contributed by atoms with Gasteiger partial charge in [-0.15, -0.1) is 11.3 Å². The lowest BCUT2D eigenvalue weighted by Gasteiger charge is -2.01. The fraction of sp³-hybridized carbons (Fsp3) is 0.0909. The van der Waals surface area contributed by atoms with Crippen molar-refractivity contribution in [2.45, 2.75) is 6.42 Å². The zero-order chi connectivity index (χ0) is 11.5. The molecule has 0 aliphatic carbocycles. The van der Waals surface area contributed by atoms with Gasteiger partial charge in [-0.05, 0) is 18.2 Å². The molecule has 2 aromatic rings. The smallest absolute Gasteiger partial charge is 0.171 e. The van der Waals surface area contributed by atoms with Gasteiger partial charge in [0, 0.05) is 22.5 Å². The van der Waals surface area contributed by atoms with Gasteiger partial charge in [0.15, 0.2) is 5.78 Å². The summed E-state index contributed by atoms with van der Waals surface area (Å²) in [7, 11) is 0. The van der Waals surface area contributed by atoms with Gasteiger partial charge in [0.1, 0.15) is 5.82 Å². The third-order valence-electron chi connectivity index (χ3n) is 2.05. The first kappa shape index (κ1) is 11.2. The molecule has 0 saturated heterocycles. The zero-order valence-electron chi connectivity index (χ0n) is 8.11. The predicted octanol–water partition coefficient (Wildman–Crippen LogP) is 3.36. The number of halogens is 2. The Hall–Kier alpha value is -1.26. The minimum absolute atomic E-state index is 0.0674. The number of ketones is 1. The predicted molar refractivity (Wildman–Crippen MR) is 61.6 cm³/mol. The average molecular weight is 256 g/mol. The van der Waals surface area contributed by atoms with Crippen LogP contribution >= 0.6 is 22.9 Å². The Morgan fingerprint density at radius 2 is 2.31 bits per heavy atom. The molecule has 2 rings (SSSR count). The lowest BCUT2D eigenvalue weighted by Crippen LogP contribution is -2.05. The second-order valence-corrected chi connectivity index (χ2v) is 4.60. The Balaban J connectivity index is 2.21. The first-order valence-corrected chi connectivity index (χ1v) is 5.78. The van der Waals surface area contributed by atoms with Crippen LogP contribution in [0.5, 0.6) is 0 Å². The Morgan fingerprint density at radius 3 is 2.94 bits per heavy atom. The van der Waals surface area contributed by atoms with Gasteiger partial charge in [-0.3, -0.25) is 9.78 Å². The van der Waals surface area contributed by atoms with E-state index in [0.717, 1.165) is 10.9 Å². The standard InChI is InChI=1S/C11H7ClFNOS/c12-7-1-2-9(10(13)3-7)11(15)4-8-5-14-6-16-8/h1-3,5-6H,4H2. The lowest BCUT2D eigenvalue weighted by molar-refractivity contribution is 0.0990. The van der Waals surface area contributed by atoms with Gasteiger partial charge in [-0.2, -0.15) is 0 Å². The second kappa shape index (κ2) is 4.72. The van der Waals surface area contributed by atoms with E-state index in [4.69, 9.17) is 11.6 Å². The van der Waals surface area contributed by atoms with Crippen LogP contribution in [-0.2, 0) is 6.42 Å². The molecule has 1 heterocycles. The quantitative estimate of drug-likeness (QED) is 0.787. The van der Waals surface area contributed by atoms with Crippen molar-refractivity contribution in [1.29, 1.82) is 0 Å². The minimum Gasteiger partial charge on any atom is -0.294 e. The molecular formula is C11H7ClFNOS. The summed E-state index contributed by atoms with van der Waals surface area (Å²) in [6.45, 7) is 0. The molecule has 0 radical (unpaired) electrons. The molecule has 16 heavy (non-hydrogen) atoms. The van der Waals surface area contributed by atoms with Gasteiger partial charge in [0.05, 0.1) is 11.1 Å². The molecule has 0 aliphatic heterocycles. The number of carbonyl (C=O) groups is 1. The SMILES string of the molecule is O=C(Cc1cncs1)c1ccc(Cl)cc1F. The number of Topliss-reactive ketones (excluding diaryl/α,β-unsaturated/α-hetero) is 1. The molecular weight excluding hydrogens is 249 g/mol. The van der Waals surface area contributed by atoms with Gasteiger partial charge in [0.2, 0.25) is 0 Å². The fourth-order valence-electron chi connectivity index (χ4n) is 1.30. The summed E-state index contributed by atoms with van der Waals surface area (Å²) in [5.41, 5.74) is 1.71. The fourth-order valence-corrected chi connectivity index (χ4v) is 2.05. The van der Waals surface area contributed by atoms with E-state index in [1.54, 1.807) is 11.7 Å². The van der Waals surface area contributed by atoms with Crippen LogP contribution in [0.2, 0.25) is 5.02 Å². The molecule has 0 fully saturated rings. The first-order valence-electron chi connectivity index (χ1n) is 4.52. The van der Waals surface area contributed by atoms with E-state index < -0.39 is 5.82 Å². The monoisotopic (exact) mass is 255 g/mol. The third-order valence-corrected chi connectivity index (χ3v) is 3.06. The van der Waals surface area contributed by atoms with Crippen LogP contribution in [0.4, 0.5) is 4.39 Å². The van der Waals surface area contributed by atoms with Gasteiger partial charge in [0.25, 0.3) is 0 Å². The topological polar surface area (TPSA) is 30.0 Å². The maximum Gasteiger partial charge on any atom is 0.171 e. The molecule has 1 aromatic carbocycles. The molecule has 0 bridgehead atoms. The highest BCUT2D eigenvalue weighted by molar-refractivity contribution is 7.09. The van der Waals surface area contributed by atoms with Crippen LogP contribution in [0.15, 0.2) is 29.9 Å². The molecule has 82 valence electrons. The number of benzene rings is 1. The molecule has 2 nitrogen and oxygen atoms in total. The van der Waals surface area contributed by atoms with Gasteiger partial charge in [-0.1, -0.05) is 11.6 Å². The van der Waals surface area contributed by atoms with E-state index >= 15 is 0 Å². The number of hydrogen-bond donors (Lipinski definition) is 0. The molecule has 0 atom stereocenters. The Labute approximate surface area is 101 Å². The molecule has 0 amide bonds. The number of hydrogen-bond acceptors (Lipinski definition) is 3. The van der Waals surface area contributed by atoms with E-state index in [1.165, 1.54) is 23.5 Å². The molecule has 0 saturated carbocycles. The summed E-state index contributed by atoms with van der Waals surface area (Å²) in [5.74, 6) is -0.847. The number of carbonyl (C=O) groups excluding carboxylic acids is 1. The van der Waals surface area contributed by atoms with Crippen molar-refractivity contribution >= 4 is 28.7 Å². The third kappa shape index (κ3) is 2.46. The van der Waals surface area contributed by atoms with Crippen molar-refractivity contribution in [2.24, 2.45) is 0 Å². The van der Waals surface area contributed by atoms with Crippen LogP contribution in [-0.4, -0.2) is 10.8 Å². The summed E-state index contributed by atoms with van der Waals surface area (Å²) in [6.07, 6.45) is 1.78. The maximum absolute atomic E-state index is 13.4. The summed E-state index contributed by atoms with van der Waals surface area (Å²) in [6, 6.07) is 4.05. The summed E-state index contributed by atoms with van der Waals surface area (Å²) in [4.78, 5) is 16.4. The van der Waals surface area contributed by atoms with E-state index in [9.17, 15) is 9.18 Å². The maximum atomic E-state index is 13.4. The van der Waals surface area contributed by atoms with Crippen LogP contribution in [0.1, 0.15) is 15.2 Å². The largest absolute Gasteiger partial charge is 0.294 e. The molecule has 0 aliphatic rings. The average Bonchev–Trinajstić information content (AvgIpc) is 2.70. The molecule has 5 heteroatoms. The zero-order valence-corrected chi connectivity index (χ0v) is 9.69. The summed E-state index contributed by atoms with van der Waals surface area (Å²) >= 11 is 6.98. The van der Waals surface area contributed by atoms with Crippen LogP contribution < -0.4 is 0 Å². The Bertz CT molecular complexity index is 513. The van der Waals surface area contributed by atoms with Gasteiger partial charge in [-0.25, -0.2) is 4.39 Å². The van der Waals surface area contributed by atoms with Crippen molar-refractivity contribution in [2.75, 3.05) is 0 Å². The number of nitrogens with zero attached hydrogens (tertiary/aromatic N) is 1. The molecule has 1 aromatic heterocycles. The highest BCUT2D eigenvalue weighted by Crippen LogP contribution is 2.17. The van der Waals surface area contributed by atoms with Crippen LogP contribution in [0.25, 0.3) is 0 Å². The number of aromatic nitrogens is 1. The molecule has 0 unspecified atom stereocenters. The normalized spacial score (nSPS) is 10.4. The van der Waals surface area contributed by atoms with Crippen LogP contribution in [0, 0.1) is 5.82 Å². The summed E-state index contributed by atoms with van der Waals surface area (Å²) < 4.78 is 13.4. The van der Waals surface area contributed by atoms with Crippen LogP contribution in [0.3, 0.4) is 0 Å². The summed E-state index contributed by atoms with van der Waals surface area (Å²) in [5, 5.41) is 0.284. The van der Waals surface area contributed by atoms with Crippen molar-refractivity contribution in [3.05, 3.63) is 51.2 Å². The lowest BCUT2D eigenvalue weighted by atomic mass is 10.1. The Kier molecular flexibility index (Phi) is 3.31. The molecule has 0 spiro atoms. The van der Waals surface area contributed by atoms with Gasteiger partial charge >= 0.3 is 0 Å². The highest BCUT2D eigenvalue weighted by atomic mass is 35.5. The highest BCUT2D eigenvalue weighted by Gasteiger charge is 2.13. The van der Waals surface area contributed by atoms with Gasteiger partial charge < -0.3 is 0 Å².